The van der Waals surface area contributed by atoms with Crippen molar-refractivity contribution < 1.29 is 13.5 Å². The van der Waals surface area contributed by atoms with Crippen LogP contribution in [0.1, 0.15) is 52.1 Å². The van der Waals surface area contributed by atoms with Gasteiger partial charge in [0.25, 0.3) is 6.43 Å². The number of aryl methyl sites for hydroxylation is 1. The third-order valence-corrected chi connectivity index (χ3v) is 3.71. The van der Waals surface area contributed by atoms with E-state index in [4.69, 9.17) is 4.74 Å². The van der Waals surface area contributed by atoms with Gasteiger partial charge < -0.3 is 4.74 Å². The van der Waals surface area contributed by atoms with Gasteiger partial charge >= 0.3 is 0 Å². The number of hydrogen-bond acceptors (Lipinski definition) is 4. The van der Waals surface area contributed by atoms with Crippen molar-refractivity contribution in [1.29, 1.82) is 0 Å². The van der Waals surface area contributed by atoms with Crippen molar-refractivity contribution >= 4 is 0 Å². The van der Waals surface area contributed by atoms with E-state index in [9.17, 15) is 8.78 Å². The molecule has 0 aliphatic heterocycles. The number of hydrogen-bond donors (Lipinski definition) is 0. The van der Waals surface area contributed by atoms with Gasteiger partial charge in [-0.2, -0.15) is 0 Å². The van der Waals surface area contributed by atoms with Crippen LogP contribution in [0.5, 0.6) is 5.75 Å². The molecule has 0 saturated carbocycles. The molecule has 2 rings (SSSR count). The van der Waals surface area contributed by atoms with Crippen LogP contribution in [0.25, 0.3) is 11.4 Å². The van der Waals surface area contributed by atoms with Crippen LogP contribution in [0, 0.1) is 18.3 Å². The fraction of sp³-hybridized carbons (Fsp3) is 0.526. The molecule has 6 heteroatoms. The van der Waals surface area contributed by atoms with Crippen LogP contribution in [-0.4, -0.2) is 21.6 Å². The lowest BCUT2D eigenvalue weighted by Crippen LogP contribution is -2.23. The van der Waals surface area contributed by atoms with Crippen LogP contribution in [0.15, 0.2) is 24.4 Å². The number of nitrogens with zero attached hydrogens (tertiary/aromatic N) is 3. The van der Waals surface area contributed by atoms with Gasteiger partial charge in [0.05, 0.1) is 18.0 Å². The van der Waals surface area contributed by atoms with Gasteiger partial charge in [0, 0.05) is 6.20 Å². The summed E-state index contributed by atoms with van der Waals surface area (Å²) in [6, 6.07) is 4.85. The zero-order valence-electron chi connectivity index (χ0n) is 15.4. The third-order valence-electron chi connectivity index (χ3n) is 3.71. The molecular weight excluding hydrogens is 324 g/mol. The molecule has 25 heavy (non-hydrogen) atoms. The van der Waals surface area contributed by atoms with E-state index in [0.29, 0.717) is 29.7 Å². The zero-order chi connectivity index (χ0) is 18.6. The minimum atomic E-state index is -2.72. The fourth-order valence-corrected chi connectivity index (χ4v) is 2.92. The lowest BCUT2D eigenvalue weighted by Gasteiger charge is -2.27. The predicted molar refractivity (Wildman–Crippen MR) is 93.7 cm³/mol. The van der Waals surface area contributed by atoms with Gasteiger partial charge in [-0.1, -0.05) is 27.7 Å². The quantitative estimate of drug-likeness (QED) is 0.686. The van der Waals surface area contributed by atoms with Crippen LogP contribution < -0.4 is 4.74 Å². The van der Waals surface area contributed by atoms with Crippen molar-refractivity contribution in [2.45, 2.75) is 47.5 Å². The number of pyridine rings is 1. The first-order chi connectivity index (χ1) is 11.7. The molecule has 0 aliphatic carbocycles. The Bertz CT molecular complexity index is 718. The number of rotatable bonds is 7. The van der Waals surface area contributed by atoms with Crippen LogP contribution in [0.2, 0.25) is 0 Å². The maximum absolute atomic E-state index is 13.5. The zero-order valence-corrected chi connectivity index (χ0v) is 15.4. The lowest BCUT2D eigenvalue weighted by molar-refractivity contribution is 0.123. The Balaban J connectivity index is 2.25. The van der Waals surface area contributed by atoms with Gasteiger partial charge in [0.15, 0.2) is 0 Å². The van der Waals surface area contributed by atoms with E-state index in [1.165, 1.54) is 0 Å². The van der Waals surface area contributed by atoms with Crippen LogP contribution in [-0.2, 0) is 0 Å². The van der Waals surface area contributed by atoms with Gasteiger partial charge in [-0.05, 0) is 42.9 Å². The van der Waals surface area contributed by atoms with Crippen molar-refractivity contribution in [3.8, 4) is 17.1 Å². The Morgan fingerprint density at radius 2 is 1.76 bits per heavy atom. The van der Waals surface area contributed by atoms with Gasteiger partial charge in [0.2, 0.25) is 0 Å². The molecule has 0 N–H and O–H groups in total. The van der Waals surface area contributed by atoms with E-state index in [2.05, 4.69) is 42.6 Å². The summed E-state index contributed by atoms with van der Waals surface area (Å²) in [6.45, 7) is 10.5. The summed E-state index contributed by atoms with van der Waals surface area (Å²) < 4.78 is 32.6. The molecular formula is C19H25F2N3O. The summed E-state index contributed by atoms with van der Waals surface area (Å²) in [5.41, 5.74) is 0.445. The number of aromatic nitrogens is 3. The third kappa shape index (κ3) is 5.44. The molecule has 0 bridgehead atoms. The Morgan fingerprint density at radius 3 is 2.36 bits per heavy atom. The summed E-state index contributed by atoms with van der Waals surface area (Å²) in [5.74, 6) is 1.20. The molecule has 0 aromatic carbocycles. The molecule has 0 radical (unpaired) electrons. The monoisotopic (exact) mass is 349 g/mol. The fourth-order valence-electron chi connectivity index (χ4n) is 2.92. The molecule has 4 nitrogen and oxygen atoms in total. The molecule has 0 unspecified atom stereocenters. The largest absolute Gasteiger partial charge is 0.491 e. The van der Waals surface area contributed by atoms with E-state index >= 15 is 0 Å². The second-order valence-electron chi connectivity index (χ2n) is 7.42. The molecule has 2 aromatic heterocycles. The molecule has 0 spiro atoms. The molecule has 0 saturated heterocycles. The van der Waals surface area contributed by atoms with Gasteiger partial charge in [-0.15, -0.1) is 0 Å². The van der Waals surface area contributed by atoms with Gasteiger partial charge in [-0.3, -0.25) is 0 Å². The standard InChI is InChI=1S/C19H25F2N3O/c1-12(2)10-19(4,5)11-25-16-7-6-14(24-17(16)18(20)21)15-8-9-22-13(3)23-15/h6-9,12,18H,10-11H2,1-5H3. The molecule has 2 heterocycles. The Labute approximate surface area is 147 Å². The smallest absolute Gasteiger partial charge is 0.284 e. The second kappa shape index (κ2) is 7.85. The topological polar surface area (TPSA) is 47.9 Å². The average Bonchev–Trinajstić information content (AvgIpc) is 2.51. The van der Waals surface area contributed by atoms with Crippen LogP contribution in [0.4, 0.5) is 8.78 Å². The van der Waals surface area contributed by atoms with Crippen molar-refractivity contribution in [1.82, 2.24) is 15.0 Å². The Kier molecular flexibility index (Phi) is 6.03. The highest BCUT2D eigenvalue weighted by Crippen LogP contribution is 2.32. The second-order valence-corrected chi connectivity index (χ2v) is 7.42. The van der Waals surface area contributed by atoms with Gasteiger partial charge in [0.1, 0.15) is 17.3 Å². The first-order valence-electron chi connectivity index (χ1n) is 8.40. The average molecular weight is 349 g/mol. The van der Waals surface area contributed by atoms with Gasteiger partial charge in [-0.25, -0.2) is 23.7 Å². The first-order valence-corrected chi connectivity index (χ1v) is 8.40. The van der Waals surface area contributed by atoms with Crippen LogP contribution >= 0.6 is 0 Å². The van der Waals surface area contributed by atoms with Crippen LogP contribution in [0.3, 0.4) is 0 Å². The molecule has 0 fully saturated rings. The van der Waals surface area contributed by atoms with E-state index < -0.39 is 6.43 Å². The summed E-state index contributed by atoms with van der Waals surface area (Å²) in [6.07, 6.45) is -0.186. The normalized spacial score (nSPS) is 12.0. The minimum Gasteiger partial charge on any atom is -0.491 e. The predicted octanol–water partition coefficient (Wildman–Crippen LogP) is 5.24. The van der Waals surface area contributed by atoms with Crippen molar-refractivity contribution in [2.75, 3.05) is 6.61 Å². The van der Waals surface area contributed by atoms with E-state index in [0.717, 1.165) is 6.42 Å². The Hall–Kier alpha value is -2.11. The first kappa shape index (κ1) is 19.2. The number of alkyl halides is 2. The maximum atomic E-state index is 13.5. The molecule has 136 valence electrons. The van der Waals surface area contributed by atoms with E-state index in [1.807, 2.05) is 0 Å². The SMILES string of the molecule is Cc1nccc(-c2ccc(OCC(C)(C)CC(C)C)c(C(F)F)n2)n1. The summed E-state index contributed by atoms with van der Waals surface area (Å²) >= 11 is 0. The maximum Gasteiger partial charge on any atom is 0.284 e. The summed E-state index contributed by atoms with van der Waals surface area (Å²) in [5, 5.41) is 0. The molecule has 0 aliphatic rings. The highest BCUT2D eigenvalue weighted by Gasteiger charge is 2.23. The number of ether oxygens (including phenoxy) is 1. The van der Waals surface area contributed by atoms with E-state index in [1.54, 1.807) is 31.3 Å². The summed E-state index contributed by atoms with van der Waals surface area (Å²) in [7, 11) is 0. The molecule has 0 amide bonds. The lowest BCUT2D eigenvalue weighted by atomic mass is 9.85. The Morgan fingerprint density at radius 1 is 1.08 bits per heavy atom. The highest BCUT2D eigenvalue weighted by atomic mass is 19.3. The van der Waals surface area contributed by atoms with E-state index in [-0.39, 0.29) is 16.9 Å². The van der Waals surface area contributed by atoms with Crippen molar-refractivity contribution in [3.05, 3.63) is 35.9 Å². The minimum absolute atomic E-state index is 0.101. The van der Waals surface area contributed by atoms with Crippen molar-refractivity contribution in [2.24, 2.45) is 11.3 Å². The number of halogens is 2. The highest BCUT2D eigenvalue weighted by molar-refractivity contribution is 5.55. The summed E-state index contributed by atoms with van der Waals surface area (Å²) in [4.78, 5) is 12.3. The van der Waals surface area contributed by atoms with Crippen molar-refractivity contribution in [3.63, 3.8) is 0 Å². The molecule has 0 atom stereocenters. The molecule has 2 aromatic rings.